The van der Waals surface area contributed by atoms with Gasteiger partial charge in [-0.15, -0.1) is 23.2 Å². The molecule has 0 amide bonds. The zero-order chi connectivity index (χ0) is 12.9. The van der Waals surface area contributed by atoms with Gasteiger partial charge in [-0.25, -0.2) is 0 Å². The van der Waals surface area contributed by atoms with Crippen LogP contribution in [0.1, 0.15) is 27.7 Å². The van der Waals surface area contributed by atoms with Crippen LogP contribution in [0.3, 0.4) is 0 Å². The Morgan fingerprint density at radius 2 is 1.06 bits per heavy atom. The molecule has 0 unspecified atom stereocenters. The summed E-state index contributed by atoms with van der Waals surface area (Å²) in [5, 5.41) is -2.48. The molecule has 0 aromatic rings. The van der Waals surface area contributed by atoms with Gasteiger partial charge in [-0.2, -0.15) is 0 Å². The van der Waals surface area contributed by atoms with E-state index in [2.05, 4.69) is 0 Å². The van der Waals surface area contributed by atoms with Gasteiger partial charge in [-0.3, -0.25) is 9.59 Å². The summed E-state index contributed by atoms with van der Waals surface area (Å²) < 4.78 is 9.65. The molecule has 0 saturated carbocycles. The van der Waals surface area contributed by atoms with Gasteiger partial charge in [0, 0.05) is 0 Å². The lowest BCUT2D eigenvalue weighted by Gasteiger charge is -2.17. The van der Waals surface area contributed by atoms with E-state index >= 15 is 0 Å². The van der Waals surface area contributed by atoms with Gasteiger partial charge < -0.3 is 9.47 Å². The van der Waals surface area contributed by atoms with Crippen molar-refractivity contribution < 1.29 is 19.1 Å². The normalized spacial score (nSPS) is 14.8. The van der Waals surface area contributed by atoms with E-state index in [9.17, 15) is 9.59 Å². The Labute approximate surface area is 105 Å². The van der Waals surface area contributed by atoms with Gasteiger partial charge in [0.25, 0.3) is 0 Å². The van der Waals surface area contributed by atoms with Crippen molar-refractivity contribution in [2.45, 2.75) is 50.7 Å². The van der Waals surface area contributed by atoms with Crippen molar-refractivity contribution in [3.63, 3.8) is 0 Å². The zero-order valence-corrected chi connectivity index (χ0v) is 11.2. The Bertz CT molecular complexity index is 227. The predicted molar refractivity (Wildman–Crippen MR) is 61.7 cm³/mol. The first-order chi connectivity index (χ1) is 7.25. The van der Waals surface area contributed by atoms with E-state index in [0.29, 0.717) is 0 Å². The van der Waals surface area contributed by atoms with Gasteiger partial charge in [0.1, 0.15) is 0 Å². The minimum absolute atomic E-state index is 0.307. The third-order valence-electron chi connectivity index (χ3n) is 1.41. The van der Waals surface area contributed by atoms with Crippen LogP contribution in [0.2, 0.25) is 0 Å². The van der Waals surface area contributed by atoms with Gasteiger partial charge in [0.05, 0.1) is 12.2 Å². The number of carbonyl (C=O) groups is 2. The lowest BCUT2D eigenvalue weighted by atomic mass is 10.3. The molecular formula is C10H16Cl2O4. The molecule has 0 bridgehead atoms. The lowest BCUT2D eigenvalue weighted by Crippen LogP contribution is -2.36. The molecular weight excluding hydrogens is 255 g/mol. The van der Waals surface area contributed by atoms with Crippen LogP contribution in [-0.4, -0.2) is 34.9 Å². The second-order valence-electron chi connectivity index (χ2n) is 3.77. The second-order valence-corrected chi connectivity index (χ2v) is 4.72. The summed E-state index contributed by atoms with van der Waals surface area (Å²) in [5.74, 6) is -1.45. The van der Waals surface area contributed by atoms with Crippen LogP contribution in [0, 0.1) is 0 Å². The van der Waals surface area contributed by atoms with Gasteiger partial charge in [0.15, 0.2) is 10.8 Å². The van der Waals surface area contributed by atoms with Crippen LogP contribution < -0.4 is 0 Å². The Balaban J connectivity index is 4.31. The number of rotatable bonds is 5. The SMILES string of the molecule is CC(C)OC(=O)[C@H](Cl)[C@@H](Cl)C(=O)OC(C)C. The number of alkyl halides is 2. The first-order valence-electron chi connectivity index (χ1n) is 4.94. The quantitative estimate of drug-likeness (QED) is 0.567. The average molecular weight is 271 g/mol. The molecule has 0 fully saturated rings. The highest BCUT2D eigenvalue weighted by Gasteiger charge is 2.33. The molecule has 0 rings (SSSR count). The maximum absolute atomic E-state index is 11.3. The van der Waals surface area contributed by atoms with Gasteiger partial charge in [0.2, 0.25) is 0 Å². The Morgan fingerprint density at radius 1 is 0.812 bits per heavy atom. The second kappa shape index (κ2) is 6.97. The van der Waals surface area contributed by atoms with Crippen LogP contribution in [-0.2, 0) is 19.1 Å². The molecule has 6 heteroatoms. The number of carbonyl (C=O) groups excluding carboxylic acids is 2. The molecule has 0 aliphatic carbocycles. The molecule has 0 aromatic heterocycles. The van der Waals surface area contributed by atoms with E-state index in [1.807, 2.05) is 0 Å². The number of hydrogen-bond donors (Lipinski definition) is 0. The fraction of sp³-hybridized carbons (Fsp3) is 0.800. The van der Waals surface area contributed by atoms with Crippen molar-refractivity contribution >= 4 is 35.1 Å². The monoisotopic (exact) mass is 270 g/mol. The largest absolute Gasteiger partial charge is 0.462 e. The van der Waals surface area contributed by atoms with E-state index in [-0.39, 0.29) is 12.2 Å². The standard InChI is InChI=1S/C10H16Cl2O4/c1-5(2)15-9(13)7(11)8(12)10(14)16-6(3)4/h5-8H,1-4H3/t7-,8-/m1/s1. The first-order valence-corrected chi connectivity index (χ1v) is 5.82. The van der Waals surface area contributed by atoms with Gasteiger partial charge in [-0.1, -0.05) is 0 Å². The highest BCUT2D eigenvalue weighted by atomic mass is 35.5. The maximum Gasteiger partial charge on any atom is 0.326 e. The molecule has 94 valence electrons. The maximum atomic E-state index is 11.3. The molecule has 16 heavy (non-hydrogen) atoms. The topological polar surface area (TPSA) is 52.6 Å². The highest BCUT2D eigenvalue weighted by molar-refractivity contribution is 6.42. The van der Waals surface area contributed by atoms with Crippen LogP contribution in [0.5, 0.6) is 0 Å². The van der Waals surface area contributed by atoms with Crippen molar-refractivity contribution in [1.29, 1.82) is 0 Å². The van der Waals surface area contributed by atoms with E-state index in [0.717, 1.165) is 0 Å². The number of halogens is 2. The summed E-state index contributed by atoms with van der Waals surface area (Å²) in [5.41, 5.74) is 0. The van der Waals surface area contributed by atoms with E-state index in [4.69, 9.17) is 32.7 Å². The van der Waals surface area contributed by atoms with Crippen molar-refractivity contribution in [2.24, 2.45) is 0 Å². The summed E-state index contributed by atoms with van der Waals surface area (Å²) in [6, 6.07) is 0. The fourth-order valence-corrected chi connectivity index (χ4v) is 1.14. The lowest BCUT2D eigenvalue weighted by molar-refractivity contribution is -0.153. The Morgan fingerprint density at radius 3 is 1.25 bits per heavy atom. The molecule has 0 aliphatic heterocycles. The van der Waals surface area contributed by atoms with Crippen molar-refractivity contribution in [3.05, 3.63) is 0 Å². The summed E-state index contributed by atoms with van der Waals surface area (Å²) >= 11 is 11.4. The van der Waals surface area contributed by atoms with Crippen molar-refractivity contribution in [1.82, 2.24) is 0 Å². The highest BCUT2D eigenvalue weighted by Crippen LogP contribution is 2.15. The van der Waals surface area contributed by atoms with Crippen LogP contribution in [0.15, 0.2) is 0 Å². The van der Waals surface area contributed by atoms with Crippen molar-refractivity contribution in [3.8, 4) is 0 Å². The molecule has 0 heterocycles. The smallest absolute Gasteiger partial charge is 0.326 e. The fourth-order valence-electron chi connectivity index (χ4n) is 0.834. The van der Waals surface area contributed by atoms with Gasteiger partial charge >= 0.3 is 11.9 Å². The molecule has 0 aliphatic rings. The van der Waals surface area contributed by atoms with E-state index in [1.54, 1.807) is 27.7 Å². The number of hydrogen-bond acceptors (Lipinski definition) is 4. The third-order valence-corrected chi connectivity index (χ3v) is 2.40. The Hall–Kier alpha value is -0.480. The molecule has 4 nitrogen and oxygen atoms in total. The molecule has 0 saturated heterocycles. The average Bonchev–Trinajstić information content (AvgIpc) is 2.13. The summed E-state index contributed by atoms with van der Waals surface area (Å²) in [7, 11) is 0. The third kappa shape index (κ3) is 5.56. The minimum Gasteiger partial charge on any atom is -0.462 e. The van der Waals surface area contributed by atoms with Crippen LogP contribution >= 0.6 is 23.2 Å². The van der Waals surface area contributed by atoms with Crippen LogP contribution in [0.4, 0.5) is 0 Å². The van der Waals surface area contributed by atoms with Crippen molar-refractivity contribution in [2.75, 3.05) is 0 Å². The number of esters is 2. The number of ether oxygens (including phenoxy) is 2. The van der Waals surface area contributed by atoms with E-state index in [1.165, 1.54) is 0 Å². The molecule has 0 spiro atoms. The summed E-state index contributed by atoms with van der Waals surface area (Å²) in [4.78, 5) is 22.7. The van der Waals surface area contributed by atoms with Gasteiger partial charge in [-0.05, 0) is 27.7 Å². The van der Waals surface area contributed by atoms with Crippen LogP contribution in [0.25, 0.3) is 0 Å². The summed E-state index contributed by atoms with van der Waals surface area (Å²) in [6.07, 6.45) is -0.613. The first kappa shape index (κ1) is 15.5. The molecule has 2 atom stereocenters. The molecule has 0 N–H and O–H groups in total. The molecule has 0 aromatic carbocycles. The summed E-state index contributed by atoms with van der Waals surface area (Å²) in [6.45, 7) is 6.71. The zero-order valence-electron chi connectivity index (χ0n) is 9.70. The predicted octanol–water partition coefficient (Wildman–Crippen LogP) is 2.10. The molecule has 0 radical (unpaired) electrons. The Kier molecular flexibility index (Phi) is 6.76. The van der Waals surface area contributed by atoms with E-state index < -0.39 is 22.7 Å². The minimum atomic E-state index is -1.24.